The fraction of sp³-hybridized carbons (Fsp3) is 0.211. The molecule has 1 N–H and O–H groups in total. The summed E-state index contributed by atoms with van der Waals surface area (Å²) in [5.74, 6) is -0.676. The fourth-order valence-corrected chi connectivity index (χ4v) is 2.75. The van der Waals surface area contributed by atoms with Crippen molar-refractivity contribution < 1.29 is 9.18 Å². The normalized spacial score (nSPS) is 10.8. The van der Waals surface area contributed by atoms with Crippen LogP contribution in [0.1, 0.15) is 28.5 Å². The van der Waals surface area contributed by atoms with Gasteiger partial charge in [-0.3, -0.25) is 9.59 Å². The first-order valence-electron chi connectivity index (χ1n) is 8.04. The Hall–Kier alpha value is -3.02. The molecule has 0 radical (unpaired) electrons. The summed E-state index contributed by atoms with van der Waals surface area (Å²) < 4.78 is 15.2. The zero-order chi connectivity index (χ0) is 18.0. The summed E-state index contributed by atoms with van der Waals surface area (Å²) in [6, 6.07) is 11.3. The molecule has 1 aromatic heterocycles. The van der Waals surface area contributed by atoms with Gasteiger partial charge < -0.3 is 9.88 Å². The molecule has 0 saturated carbocycles. The molecule has 25 heavy (non-hydrogen) atoms. The van der Waals surface area contributed by atoms with Gasteiger partial charge in [0.15, 0.2) is 0 Å². The molecule has 2 aromatic carbocycles. The van der Waals surface area contributed by atoms with E-state index in [9.17, 15) is 14.0 Å². The van der Waals surface area contributed by atoms with E-state index in [0.717, 1.165) is 0 Å². The molecule has 6 heteroatoms. The zero-order valence-electron chi connectivity index (χ0n) is 14.0. The Balaban J connectivity index is 1.89. The van der Waals surface area contributed by atoms with Crippen LogP contribution in [0.4, 0.5) is 4.39 Å². The molecular weight excluding hydrogens is 321 g/mol. The van der Waals surface area contributed by atoms with Gasteiger partial charge in [0.05, 0.1) is 11.0 Å². The van der Waals surface area contributed by atoms with Crippen LogP contribution in [0.15, 0.2) is 47.3 Å². The van der Waals surface area contributed by atoms with Crippen molar-refractivity contribution in [1.29, 1.82) is 0 Å². The smallest absolute Gasteiger partial charge is 0.272 e. The molecule has 0 saturated heterocycles. The maximum Gasteiger partial charge on any atom is 0.272 e. The minimum atomic E-state index is -0.356. The summed E-state index contributed by atoms with van der Waals surface area (Å²) in [4.78, 5) is 28.7. The van der Waals surface area contributed by atoms with E-state index in [1.807, 2.05) is 6.92 Å². The second-order valence-corrected chi connectivity index (χ2v) is 5.72. The Labute approximate surface area is 144 Å². The van der Waals surface area contributed by atoms with Gasteiger partial charge in [0.25, 0.3) is 11.5 Å². The van der Waals surface area contributed by atoms with Crippen molar-refractivity contribution in [2.75, 3.05) is 0 Å². The molecule has 1 heterocycles. The number of carbonyl (C=O) groups excluding carboxylic acids is 1. The molecule has 3 aromatic rings. The number of nitrogens with one attached hydrogen (secondary N) is 1. The average Bonchev–Trinajstić information content (AvgIpc) is 2.61. The monoisotopic (exact) mass is 339 g/mol. The predicted molar refractivity (Wildman–Crippen MR) is 94.0 cm³/mol. The highest BCUT2D eigenvalue weighted by Crippen LogP contribution is 2.14. The highest BCUT2D eigenvalue weighted by Gasteiger charge is 2.11. The van der Waals surface area contributed by atoms with Crippen molar-refractivity contribution >= 4 is 16.9 Å². The highest BCUT2D eigenvalue weighted by molar-refractivity contribution is 5.97. The van der Waals surface area contributed by atoms with Crippen molar-refractivity contribution in [2.45, 2.75) is 26.9 Å². The second-order valence-electron chi connectivity index (χ2n) is 5.72. The van der Waals surface area contributed by atoms with Crippen molar-refractivity contribution in [3.8, 4) is 0 Å². The quantitative estimate of drug-likeness (QED) is 0.795. The Morgan fingerprint density at radius 2 is 2.00 bits per heavy atom. The third-order valence-corrected chi connectivity index (χ3v) is 4.08. The van der Waals surface area contributed by atoms with Crippen LogP contribution in [0.25, 0.3) is 11.0 Å². The Morgan fingerprint density at radius 1 is 1.24 bits per heavy atom. The molecule has 0 atom stereocenters. The summed E-state index contributed by atoms with van der Waals surface area (Å²) in [5.41, 5.74) is 2.36. The van der Waals surface area contributed by atoms with Gasteiger partial charge in [-0.25, -0.2) is 9.37 Å². The van der Waals surface area contributed by atoms with E-state index in [2.05, 4.69) is 10.3 Å². The minimum Gasteiger partial charge on any atom is -0.348 e. The van der Waals surface area contributed by atoms with Gasteiger partial charge in [0.2, 0.25) is 0 Å². The molecule has 0 aliphatic heterocycles. The van der Waals surface area contributed by atoms with E-state index in [0.29, 0.717) is 34.4 Å². The van der Waals surface area contributed by atoms with E-state index in [-0.39, 0.29) is 23.8 Å². The van der Waals surface area contributed by atoms with E-state index in [4.69, 9.17) is 0 Å². The molecule has 0 aliphatic rings. The largest absolute Gasteiger partial charge is 0.348 e. The predicted octanol–water partition coefficient (Wildman–Crippen LogP) is 2.79. The van der Waals surface area contributed by atoms with E-state index < -0.39 is 0 Å². The number of carbonyl (C=O) groups is 1. The van der Waals surface area contributed by atoms with Crippen LogP contribution in [0.3, 0.4) is 0 Å². The Bertz CT molecular complexity index is 1010. The van der Waals surface area contributed by atoms with Crippen LogP contribution < -0.4 is 10.9 Å². The maximum atomic E-state index is 13.6. The summed E-state index contributed by atoms with van der Waals surface area (Å²) >= 11 is 0. The van der Waals surface area contributed by atoms with Crippen LogP contribution in [-0.2, 0) is 13.1 Å². The first kappa shape index (κ1) is 16.8. The van der Waals surface area contributed by atoms with Crippen LogP contribution in [0.5, 0.6) is 0 Å². The summed E-state index contributed by atoms with van der Waals surface area (Å²) in [7, 11) is 0. The van der Waals surface area contributed by atoms with Crippen LogP contribution in [0.2, 0.25) is 0 Å². The van der Waals surface area contributed by atoms with E-state index in [1.54, 1.807) is 47.9 Å². The summed E-state index contributed by atoms with van der Waals surface area (Å²) in [6.07, 6.45) is 0. The molecule has 128 valence electrons. The number of amides is 1. The average molecular weight is 339 g/mol. The standard InChI is InChI=1S/C19H18FN3O2/c1-3-23-17-9-8-13(10-16(17)22-12(2)19(23)25)18(24)21-11-14-6-4-5-7-15(14)20/h4-10H,3,11H2,1-2H3,(H,21,24). The number of fused-ring (bicyclic) bond motifs is 1. The Kier molecular flexibility index (Phi) is 4.61. The lowest BCUT2D eigenvalue weighted by Crippen LogP contribution is -2.25. The zero-order valence-corrected chi connectivity index (χ0v) is 14.0. The van der Waals surface area contributed by atoms with Gasteiger partial charge >= 0.3 is 0 Å². The lowest BCUT2D eigenvalue weighted by atomic mass is 10.1. The lowest BCUT2D eigenvalue weighted by Gasteiger charge is -2.10. The van der Waals surface area contributed by atoms with Gasteiger partial charge in [-0.2, -0.15) is 0 Å². The fourth-order valence-electron chi connectivity index (χ4n) is 2.75. The van der Waals surface area contributed by atoms with Crippen molar-refractivity contribution in [1.82, 2.24) is 14.9 Å². The third-order valence-electron chi connectivity index (χ3n) is 4.08. The molecule has 3 rings (SSSR count). The van der Waals surface area contributed by atoms with Gasteiger partial charge in [0.1, 0.15) is 11.5 Å². The first-order valence-corrected chi connectivity index (χ1v) is 8.04. The first-order chi connectivity index (χ1) is 12.0. The van der Waals surface area contributed by atoms with E-state index >= 15 is 0 Å². The number of aryl methyl sites for hydroxylation is 2. The van der Waals surface area contributed by atoms with Crippen molar-refractivity contribution in [3.63, 3.8) is 0 Å². The third kappa shape index (κ3) is 3.28. The van der Waals surface area contributed by atoms with Gasteiger partial charge in [0, 0.05) is 24.2 Å². The van der Waals surface area contributed by atoms with Crippen LogP contribution >= 0.6 is 0 Å². The van der Waals surface area contributed by atoms with Crippen molar-refractivity contribution in [2.24, 2.45) is 0 Å². The Morgan fingerprint density at radius 3 is 2.72 bits per heavy atom. The SMILES string of the molecule is CCn1c(=O)c(C)nc2cc(C(=O)NCc3ccccc3F)ccc21. The number of nitrogens with zero attached hydrogens (tertiary/aromatic N) is 2. The number of halogens is 1. The van der Waals surface area contributed by atoms with Gasteiger partial charge in [-0.1, -0.05) is 18.2 Å². The second kappa shape index (κ2) is 6.84. The van der Waals surface area contributed by atoms with Crippen molar-refractivity contribution in [3.05, 3.63) is 75.5 Å². The highest BCUT2D eigenvalue weighted by atomic mass is 19.1. The number of benzene rings is 2. The molecular formula is C19H18FN3O2. The minimum absolute atomic E-state index is 0.102. The van der Waals surface area contributed by atoms with Gasteiger partial charge in [-0.05, 0) is 38.1 Å². The molecule has 0 spiro atoms. The summed E-state index contributed by atoms with van der Waals surface area (Å²) in [5, 5.41) is 2.70. The molecule has 1 amide bonds. The molecule has 0 fully saturated rings. The number of hydrogen-bond acceptors (Lipinski definition) is 3. The number of hydrogen-bond donors (Lipinski definition) is 1. The van der Waals surface area contributed by atoms with Gasteiger partial charge in [-0.15, -0.1) is 0 Å². The molecule has 0 unspecified atom stereocenters. The van der Waals surface area contributed by atoms with Crippen LogP contribution in [-0.4, -0.2) is 15.5 Å². The summed E-state index contributed by atoms with van der Waals surface area (Å²) in [6.45, 7) is 4.16. The molecule has 0 bridgehead atoms. The number of aromatic nitrogens is 2. The topological polar surface area (TPSA) is 64.0 Å². The number of rotatable bonds is 4. The lowest BCUT2D eigenvalue weighted by molar-refractivity contribution is 0.0950. The molecule has 0 aliphatic carbocycles. The van der Waals surface area contributed by atoms with E-state index in [1.165, 1.54) is 6.07 Å². The van der Waals surface area contributed by atoms with Crippen LogP contribution in [0, 0.1) is 12.7 Å². The maximum absolute atomic E-state index is 13.6. The molecule has 5 nitrogen and oxygen atoms in total.